The van der Waals surface area contributed by atoms with Crippen LogP contribution in [-0.2, 0) is 0 Å². The second-order valence-electron chi connectivity index (χ2n) is 4.53. The van der Waals surface area contributed by atoms with Crippen LogP contribution in [0.1, 0.15) is 5.56 Å². The minimum absolute atomic E-state index is 0.887. The number of hydrogen-bond acceptors (Lipinski definition) is 1. The Hall–Kier alpha value is -1.87. The summed E-state index contributed by atoms with van der Waals surface area (Å²) in [7, 11) is 0. The van der Waals surface area contributed by atoms with Gasteiger partial charge in [-0.05, 0) is 30.7 Å². The number of halogens is 1. The Morgan fingerprint density at radius 1 is 1.00 bits per heavy atom. The molecule has 94 valence electrons. The molecule has 3 rings (SSSR count). The molecule has 0 unspecified atom stereocenters. The van der Waals surface area contributed by atoms with Crippen LogP contribution in [0.15, 0.2) is 59.2 Å². The van der Waals surface area contributed by atoms with Crippen LogP contribution in [0.25, 0.3) is 22.6 Å². The molecule has 3 aromatic rings. The van der Waals surface area contributed by atoms with Crippen LogP contribution in [0.5, 0.6) is 0 Å². The van der Waals surface area contributed by atoms with Gasteiger partial charge in [0.25, 0.3) is 0 Å². The van der Waals surface area contributed by atoms with Crippen LogP contribution >= 0.6 is 15.9 Å². The number of nitrogens with one attached hydrogen (secondary N) is 1. The number of aromatic amines is 1. The van der Waals surface area contributed by atoms with Crippen LogP contribution in [0.4, 0.5) is 0 Å². The van der Waals surface area contributed by atoms with E-state index >= 15 is 0 Å². The van der Waals surface area contributed by atoms with E-state index in [0.717, 1.165) is 27.1 Å². The Labute approximate surface area is 120 Å². The summed E-state index contributed by atoms with van der Waals surface area (Å²) >= 11 is 3.48. The molecular weight excluding hydrogens is 300 g/mol. The quantitative estimate of drug-likeness (QED) is 0.722. The van der Waals surface area contributed by atoms with Gasteiger partial charge in [0.05, 0.1) is 11.9 Å². The minimum Gasteiger partial charge on any atom is -0.338 e. The van der Waals surface area contributed by atoms with E-state index in [0.29, 0.717) is 0 Å². The van der Waals surface area contributed by atoms with E-state index in [1.165, 1.54) is 5.56 Å². The lowest BCUT2D eigenvalue weighted by atomic mass is 10.1. The highest BCUT2D eigenvalue weighted by Gasteiger charge is 2.05. The van der Waals surface area contributed by atoms with E-state index in [9.17, 15) is 0 Å². The summed E-state index contributed by atoms with van der Waals surface area (Å²) in [5.41, 5.74) is 4.52. The number of hydrogen-bond donors (Lipinski definition) is 1. The predicted octanol–water partition coefficient (Wildman–Crippen LogP) is 4.81. The summed E-state index contributed by atoms with van der Waals surface area (Å²) in [5.74, 6) is 0.887. The van der Waals surface area contributed by atoms with Crippen molar-refractivity contribution in [3.8, 4) is 22.6 Å². The highest BCUT2D eigenvalue weighted by atomic mass is 79.9. The molecule has 1 aromatic heterocycles. The maximum absolute atomic E-state index is 4.46. The molecule has 0 atom stereocenters. The third-order valence-electron chi connectivity index (χ3n) is 3.00. The molecule has 1 N–H and O–H groups in total. The summed E-state index contributed by atoms with van der Waals surface area (Å²) < 4.78 is 1.05. The number of H-pyrrole nitrogens is 1. The van der Waals surface area contributed by atoms with Crippen molar-refractivity contribution in [1.29, 1.82) is 0 Å². The van der Waals surface area contributed by atoms with Crippen molar-refractivity contribution in [3.63, 3.8) is 0 Å². The third-order valence-corrected chi connectivity index (χ3v) is 3.50. The Kier molecular flexibility index (Phi) is 3.22. The van der Waals surface area contributed by atoms with Crippen LogP contribution in [0, 0.1) is 6.92 Å². The van der Waals surface area contributed by atoms with Crippen molar-refractivity contribution in [2.24, 2.45) is 0 Å². The third kappa shape index (κ3) is 2.61. The van der Waals surface area contributed by atoms with Gasteiger partial charge in [0.1, 0.15) is 5.82 Å². The second kappa shape index (κ2) is 5.02. The number of nitrogens with zero attached hydrogens (tertiary/aromatic N) is 1. The Balaban J connectivity index is 2.00. The summed E-state index contributed by atoms with van der Waals surface area (Å²) in [5, 5.41) is 0. The first-order valence-electron chi connectivity index (χ1n) is 6.10. The molecule has 2 aromatic carbocycles. The molecule has 0 aliphatic carbocycles. The molecule has 0 fully saturated rings. The monoisotopic (exact) mass is 312 g/mol. The van der Waals surface area contributed by atoms with E-state index in [-0.39, 0.29) is 0 Å². The first-order chi connectivity index (χ1) is 9.22. The molecule has 0 saturated carbocycles. The van der Waals surface area contributed by atoms with Crippen molar-refractivity contribution >= 4 is 15.9 Å². The first kappa shape index (κ1) is 12.2. The zero-order valence-corrected chi connectivity index (χ0v) is 12.1. The maximum atomic E-state index is 4.46. The SMILES string of the molecule is Cc1cccc(-c2cnc(-c3cccc(Br)c3)[nH]2)c1. The van der Waals surface area contributed by atoms with Gasteiger partial charge in [-0.2, -0.15) is 0 Å². The van der Waals surface area contributed by atoms with E-state index in [1.54, 1.807) is 0 Å². The lowest BCUT2D eigenvalue weighted by Gasteiger charge is -2.00. The molecule has 2 nitrogen and oxygen atoms in total. The first-order valence-corrected chi connectivity index (χ1v) is 6.90. The molecule has 0 amide bonds. The Bertz CT molecular complexity index is 656. The van der Waals surface area contributed by atoms with Crippen molar-refractivity contribution in [2.45, 2.75) is 6.92 Å². The number of aromatic nitrogens is 2. The van der Waals surface area contributed by atoms with Crippen LogP contribution in [0.2, 0.25) is 0 Å². The summed E-state index contributed by atoms with van der Waals surface area (Å²) in [6.07, 6.45) is 1.88. The summed E-state index contributed by atoms with van der Waals surface area (Å²) in [4.78, 5) is 7.83. The lowest BCUT2D eigenvalue weighted by molar-refractivity contribution is 1.31. The van der Waals surface area contributed by atoms with Gasteiger partial charge in [-0.25, -0.2) is 4.98 Å². The standard InChI is InChI=1S/C16H13BrN2/c1-11-4-2-5-12(8-11)15-10-18-16(19-15)13-6-3-7-14(17)9-13/h2-10H,1H3,(H,18,19). The van der Waals surface area contributed by atoms with Crippen LogP contribution < -0.4 is 0 Å². The highest BCUT2D eigenvalue weighted by Crippen LogP contribution is 2.24. The van der Waals surface area contributed by atoms with E-state index in [1.807, 2.05) is 24.4 Å². The van der Waals surface area contributed by atoms with E-state index in [2.05, 4.69) is 63.2 Å². The largest absolute Gasteiger partial charge is 0.338 e. The minimum atomic E-state index is 0.887. The molecule has 1 heterocycles. The molecule has 0 aliphatic heterocycles. The lowest BCUT2D eigenvalue weighted by Crippen LogP contribution is -1.82. The fourth-order valence-corrected chi connectivity index (χ4v) is 2.46. The zero-order chi connectivity index (χ0) is 13.2. The Morgan fingerprint density at radius 3 is 2.58 bits per heavy atom. The summed E-state index contributed by atoms with van der Waals surface area (Å²) in [6.45, 7) is 2.09. The van der Waals surface area contributed by atoms with Gasteiger partial charge in [0.2, 0.25) is 0 Å². The van der Waals surface area contributed by atoms with Crippen molar-refractivity contribution in [2.75, 3.05) is 0 Å². The normalized spacial score (nSPS) is 10.6. The van der Waals surface area contributed by atoms with E-state index < -0.39 is 0 Å². The number of aryl methyl sites for hydroxylation is 1. The van der Waals surface area contributed by atoms with Crippen LogP contribution in [-0.4, -0.2) is 9.97 Å². The average Bonchev–Trinajstić information content (AvgIpc) is 2.88. The average molecular weight is 313 g/mol. The molecule has 0 aliphatic rings. The topological polar surface area (TPSA) is 28.7 Å². The maximum Gasteiger partial charge on any atom is 0.137 e. The van der Waals surface area contributed by atoms with Crippen molar-refractivity contribution in [1.82, 2.24) is 9.97 Å². The number of benzene rings is 2. The van der Waals surface area contributed by atoms with Crippen molar-refractivity contribution < 1.29 is 0 Å². The van der Waals surface area contributed by atoms with Gasteiger partial charge in [0, 0.05) is 10.0 Å². The molecule has 3 heteroatoms. The fraction of sp³-hybridized carbons (Fsp3) is 0.0625. The number of rotatable bonds is 2. The Morgan fingerprint density at radius 2 is 1.79 bits per heavy atom. The van der Waals surface area contributed by atoms with Gasteiger partial charge in [-0.3, -0.25) is 0 Å². The van der Waals surface area contributed by atoms with Crippen molar-refractivity contribution in [3.05, 3.63) is 64.8 Å². The highest BCUT2D eigenvalue weighted by molar-refractivity contribution is 9.10. The molecule has 19 heavy (non-hydrogen) atoms. The second-order valence-corrected chi connectivity index (χ2v) is 5.44. The summed E-state index contributed by atoms with van der Waals surface area (Å²) in [6, 6.07) is 16.5. The van der Waals surface area contributed by atoms with Gasteiger partial charge in [0.15, 0.2) is 0 Å². The molecule has 0 spiro atoms. The smallest absolute Gasteiger partial charge is 0.137 e. The molecule has 0 radical (unpaired) electrons. The van der Waals surface area contributed by atoms with Gasteiger partial charge in [-0.15, -0.1) is 0 Å². The van der Waals surface area contributed by atoms with Gasteiger partial charge < -0.3 is 4.98 Å². The molecular formula is C16H13BrN2. The van der Waals surface area contributed by atoms with Gasteiger partial charge >= 0.3 is 0 Å². The predicted molar refractivity (Wildman–Crippen MR) is 81.9 cm³/mol. The van der Waals surface area contributed by atoms with Gasteiger partial charge in [-0.1, -0.05) is 51.8 Å². The van der Waals surface area contributed by atoms with E-state index in [4.69, 9.17) is 0 Å². The fourth-order valence-electron chi connectivity index (χ4n) is 2.06. The zero-order valence-electron chi connectivity index (χ0n) is 10.5. The number of imidazole rings is 1. The molecule has 0 saturated heterocycles. The molecule has 0 bridgehead atoms. The van der Waals surface area contributed by atoms with Crippen LogP contribution in [0.3, 0.4) is 0 Å².